The Morgan fingerprint density at radius 3 is 2.42 bits per heavy atom. The molecule has 0 radical (unpaired) electrons. The van der Waals surface area contributed by atoms with Gasteiger partial charge in [-0.05, 0) is 50.1 Å². The van der Waals surface area contributed by atoms with E-state index in [1.165, 1.54) is 0 Å². The maximum Gasteiger partial charge on any atom is 0.274 e. The summed E-state index contributed by atoms with van der Waals surface area (Å²) in [5, 5.41) is 4.50. The molecular weight excluding hydrogens is 306 g/mol. The summed E-state index contributed by atoms with van der Waals surface area (Å²) in [5.74, 6) is 0.779. The zero-order valence-electron chi connectivity index (χ0n) is 14.4. The molecule has 128 valence electrons. The number of amides is 1. The third-order valence-electron chi connectivity index (χ3n) is 4.49. The number of benzene rings is 1. The highest BCUT2D eigenvalue weighted by atomic mass is 16.5. The van der Waals surface area contributed by atoms with E-state index in [1.54, 1.807) is 18.9 Å². The molecule has 1 fully saturated rings. The summed E-state index contributed by atoms with van der Waals surface area (Å²) in [6, 6.07) is 9.46. The van der Waals surface area contributed by atoms with Crippen LogP contribution in [0.5, 0.6) is 5.75 Å². The number of nitrogens with zero attached hydrogens (tertiary/aromatic N) is 3. The van der Waals surface area contributed by atoms with Gasteiger partial charge in [0.1, 0.15) is 5.75 Å². The van der Waals surface area contributed by atoms with E-state index in [9.17, 15) is 4.79 Å². The van der Waals surface area contributed by atoms with E-state index in [1.807, 2.05) is 42.2 Å². The summed E-state index contributed by atoms with van der Waals surface area (Å²) in [6.45, 7) is 3.38. The summed E-state index contributed by atoms with van der Waals surface area (Å²) in [5.41, 5.74) is 2.32. The fraction of sp³-hybridized carbons (Fsp3) is 0.444. The molecule has 6 heteroatoms. The monoisotopic (exact) mass is 329 g/mol. The fourth-order valence-electron chi connectivity index (χ4n) is 3.02. The van der Waals surface area contributed by atoms with Gasteiger partial charge in [0.25, 0.3) is 5.91 Å². The van der Waals surface area contributed by atoms with Gasteiger partial charge in [-0.15, -0.1) is 0 Å². The zero-order chi connectivity index (χ0) is 17.1. The van der Waals surface area contributed by atoms with Crippen LogP contribution in [0, 0.1) is 6.92 Å². The van der Waals surface area contributed by atoms with E-state index in [-0.39, 0.29) is 12.0 Å². The molecule has 0 unspecified atom stereocenters. The Bertz CT molecular complexity index is 701. The Labute approximate surface area is 142 Å². The summed E-state index contributed by atoms with van der Waals surface area (Å²) in [4.78, 5) is 14.5. The zero-order valence-corrected chi connectivity index (χ0v) is 14.4. The largest absolute Gasteiger partial charge is 0.497 e. The van der Waals surface area contributed by atoms with Crippen LogP contribution >= 0.6 is 0 Å². The van der Waals surface area contributed by atoms with Crippen molar-refractivity contribution >= 4 is 5.91 Å². The number of ether oxygens (including phenoxy) is 2. The lowest BCUT2D eigenvalue weighted by Gasteiger charge is -2.30. The van der Waals surface area contributed by atoms with E-state index < -0.39 is 0 Å². The number of likely N-dealkylation sites (tertiary alicyclic amines) is 1. The van der Waals surface area contributed by atoms with Crippen molar-refractivity contribution in [2.75, 3.05) is 27.3 Å². The average Bonchev–Trinajstić information content (AvgIpc) is 3.03. The highest BCUT2D eigenvalue weighted by Gasteiger charge is 2.25. The van der Waals surface area contributed by atoms with Crippen LogP contribution in [0.2, 0.25) is 0 Å². The number of aromatic nitrogens is 2. The Hall–Kier alpha value is -2.34. The molecule has 0 spiro atoms. The first-order valence-electron chi connectivity index (χ1n) is 8.15. The standard InChI is InChI=1S/C18H23N3O3/c1-13-12-17(18(22)20-10-8-16(24-3)9-11-20)19-21(13)14-4-6-15(23-2)7-5-14/h4-7,12,16H,8-11H2,1-3H3. The number of carbonyl (C=O) groups excluding carboxylic acids is 1. The molecule has 24 heavy (non-hydrogen) atoms. The number of hydrogen-bond acceptors (Lipinski definition) is 4. The molecule has 0 aliphatic carbocycles. The third-order valence-corrected chi connectivity index (χ3v) is 4.49. The van der Waals surface area contributed by atoms with Gasteiger partial charge in [-0.25, -0.2) is 4.68 Å². The summed E-state index contributed by atoms with van der Waals surface area (Å²) in [6.07, 6.45) is 2.01. The molecule has 1 aromatic carbocycles. The smallest absolute Gasteiger partial charge is 0.274 e. The number of hydrogen-bond donors (Lipinski definition) is 0. The van der Waals surface area contributed by atoms with Crippen molar-refractivity contribution in [3.05, 3.63) is 41.7 Å². The first-order chi connectivity index (χ1) is 11.6. The van der Waals surface area contributed by atoms with Crippen LogP contribution < -0.4 is 4.74 Å². The first kappa shape index (κ1) is 16.5. The van der Waals surface area contributed by atoms with Crippen LogP contribution in [-0.4, -0.2) is 54.0 Å². The van der Waals surface area contributed by atoms with Crippen molar-refractivity contribution in [2.45, 2.75) is 25.9 Å². The minimum Gasteiger partial charge on any atom is -0.497 e. The summed E-state index contributed by atoms with van der Waals surface area (Å²) in [7, 11) is 3.36. The number of methoxy groups -OCH3 is 2. The molecule has 3 rings (SSSR count). The summed E-state index contributed by atoms with van der Waals surface area (Å²) >= 11 is 0. The minimum atomic E-state index is -0.0140. The quantitative estimate of drug-likeness (QED) is 0.864. The third kappa shape index (κ3) is 3.28. The molecule has 1 aliphatic rings. The van der Waals surface area contributed by atoms with Gasteiger partial charge in [0.2, 0.25) is 0 Å². The van der Waals surface area contributed by atoms with Crippen LogP contribution in [0.4, 0.5) is 0 Å². The second kappa shape index (κ2) is 7.05. The van der Waals surface area contributed by atoms with Crippen LogP contribution in [0.1, 0.15) is 29.0 Å². The van der Waals surface area contributed by atoms with E-state index in [2.05, 4.69) is 5.10 Å². The van der Waals surface area contributed by atoms with E-state index >= 15 is 0 Å². The predicted molar refractivity (Wildman–Crippen MR) is 90.8 cm³/mol. The Morgan fingerprint density at radius 1 is 1.17 bits per heavy atom. The number of carbonyl (C=O) groups is 1. The van der Waals surface area contributed by atoms with Crippen molar-refractivity contribution in [1.29, 1.82) is 0 Å². The van der Waals surface area contributed by atoms with Crippen LogP contribution in [0.25, 0.3) is 5.69 Å². The first-order valence-corrected chi connectivity index (χ1v) is 8.15. The van der Waals surface area contributed by atoms with Crippen LogP contribution in [-0.2, 0) is 4.74 Å². The highest BCUT2D eigenvalue weighted by molar-refractivity contribution is 5.92. The van der Waals surface area contributed by atoms with E-state index in [0.717, 1.165) is 30.0 Å². The normalized spacial score (nSPS) is 15.5. The molecular formula is C18H23N3O3. The van der Waals surface area contributed by atoms with Gasteiger partial charge < -0.3 is 14.4 Å². The molecule has 0 saturated carbocycles. The van der Waals surface area contributed by atoms with Gasteiger partial charge in [-0.1, -0.05) is 0 Å². The molecule has 2 heterocycles. The van der Waals surface area contributed by atoms with Crippen molar-refractivity contribution < 1.29 is 14.3 Å². The minimum absolute atomic E-state index is 0.0140. The number of rotatable bonds is 4. The number of aryl methyl sites for hydroxylation is 1. The topological polar surface area (TPSA) is 56.6 Å². The average molecular weight is 329 g/mol. The van der Waals surface area contributed by atoms with Crippen molar-refractivity contribution in [3.8, 4) is 11.4 Å². The lowest BCUT2D eigenvalue weighted by molar-refractivity contribution is 0.0347. The van der Waals surface area contributed by atoms with E-state index in [0.29, 0.717) is 18.8 Å². The Morgan fingerprint density at radius 2 is 1.83 bits per heavy atom. The van der Waals surface area contributed by atoms with Gasteiger partial charge in [0.05, 0.1) is 18.9 Å². The highest BCUT2D eigenvalue weighted by Crippen LogP contribution is 2.19. The maximum atomic E-state index is 12.7. The fourth-order valence-corrected chi connectivity index (χ4v) is 3.02. The molecule has 0 atom stereocenters. The lowest BCUT2D eigenvalue weighted by atomic mass is 10.1. The molecule has 1 amide bonds. The van der Waals surface area contributed by atoms with Gasteiger partial charge >= 0.3 is 0 Å². The van der Waals surface area contributed by atoms with Gasteiger partial charge in [0.15, 0.2) is 5.69 Å². The second-order valence-corrected chi connectivity index (χ2v) is 6.01. The molecule has 1 aliphatic heterocycles. The van der Waals surface area contributed by atoms with Crippen molar-refractivity contribution in [1.82, 2.24) is 14.7 Å². The van der Waals surface area contributed by atoms with Gasteiger partial charge in [0, 0.05) is 25.9 Å². The SMILES string of the molecule is COc1ccc(-n2nc(C(=O)N3CCC(OC)CC3)cc2C)cc1. The molecule has 0 N–H and O–H groups in total. The van der Waals surface area contributed by atoms with Crippen LogP contribution in [0.3, 0.4) is 0 Å². The Balaban J connectivity index is 1.77. The van der Waals surface area contributed by atoms with Crippen LogP contribution in [0.15, 0.2) is 30.3 Å². The second-order valence-electron chi connectivity index (χ2n) is 6.01. The van der Waals surface area contributed by atoms with Crippen molar-refractivity contribution in [3.63, 3.8) is 0 Å². The molecule has 0 bridgehead atoms. The van der Waals surface area contributed by atoms with E-state index in [4.69, 9.17) is 9.47 Å². The van der Waals surface area contributed by atoms with Gasteiger partial charge in [-0.2, -0.15) is 5.10 Å². The lowest BCUT2D eigenvalue weighted by Crippen LogP contribution is -2.40. The molecule has 2 aromatic rings. The number of piperidine rings is 1. The maximum absolute atomic E-state index is 12.7. The summed E-state index contributed by atoms with van der Waals surface area (Å²) < 4.78 is 12.3. The predicted octanol–water partition coefficient (Wildman–Crippen LogP) is 2.44. The molecule has 1 saturated heterocycles. The van der Waals surface area contributed by atoms with Gasteiger partial charge in [-0.3, -0.25) is 4.79 Å². The Kier molecular flexibility index (Phi) is 4.85. The molecule has 1 aromatic heterocycles. The molecule has 6 nitrogen and oxygen atoms in total. The van der Waals surface area contributed by atoms with Crippen molar-refractivity contribution in [2.24, 2.45) is 0 Å².